The molecule has 5 rings (SSSR count). The molecule has 1 atom stereocenters. The van der Waals surface area contributed by atoms with Crippen molar-refractivity contribution in [2.45, 2.75) is 12.0 Å². The highest BCUT2D eigenvalue weighted by molar-refractivity contribution is 6.31. The summed E-state index contributed by atoms with van der Waals surface area (Å²) >= 11 is 12.1. The lowest BCUT2D eigenvalue weighted by Crippen LogP contribution is -2.39. The predicted octanol–water partition coefficient (Wildman–Crippen LogP) is 3.30. The fourth-order valence-electron chi connectivity index (χ4n) is 4.37. The SMILES string of the molecule is COc1nc(N2CCC(O)(CF)C2)cc2c1c(=O)n(-c1cncc(Cl)c1)c(=O)n2-c1ccc(F)c(Cl)c1. The molecule has 0 spiro atoms. The maximum Gasteiger partial charge on any atom is 0.340 e. The van der Waals surface area contributed by atoms with Gasteiger partial charge in [-0.2, -0.15) is 4.98 Å². The highest BCUT2D eigenvalue weighted by atomic mass is 35.5. The minimum Gasteiger partial charge on any atom is -0.480 e. The van der Waals surface area contributed by atoms with Crippen LogP contribution in [0.4, 0.5) is 14.6 Å². The number of ether oxygens (including phenoxy) is 1. The molecule has 1 saturated heterocycles. The zero-order valence-corrected chi connectivity index (χ0v) is 20.8. The molecule has 1 fully saturated rings. The van der Waals surface area contributed by atoms with E-state index in [0.717, 1.165) is 15.2 Å². The van der Waals surface area contributed by atoms with Gasteiger partial charge in [0.05, 0.1) is 46.8 Å². The number of nitrogens with zero attached hydrogens (tertiary/aromatic N) is 5. The molecule has 0 saturated carbocycles. The number of halogens is 4. The molecule has 1 N–H and O–H groups in total. The molecule has 13 heteroatoms. The lowest BCUT2D eigenvalue weighted by atomic mass is 10.1. The first-order valence-corrected chi connectivity index (χ1v) is 11.8. The molecule has 1 unspecified atom stereocenters. The maximum absolute atomic E-state index is 14.0. The molecule has 3 aromatic heterocycles. The van der Waals surface area contributed by atoms with E-state index in [0.29, 0.717) is 0 Å². The van der Waals surface area contributed by atoms with Crippen LogP contribution in [-0.4, -0.2) is 56.7 Å². The van der Waals surface area contributed by atoms with Gasteiger partial charge in [0.2, 0.25) is 5.88 Å². The Balaban J connectivity index is 1.88. The number of pyridine rings is 2. The van der Waals surface area contributed by atoms with Gasteiger partial charge in [0, 0.05) is 18.8 Å². The van der Waals surface area contributed by atoms with Gasteiger partial charge < -0.3 is 14.7 Å². The first-order valence-electron chi connectivity index (χ1n) is 11.0. The Labute approximate surface area is 218 Å². The number of hydrogen-bond donors (Lipinski definition) is 1. The van der Waals surface area contributed by atoms with Gasteiger partial charge in [0.15, 0.2) is 0 Å². The number of benzene rings is 1. The molecule has 1 aliphatic rings. The zero-order valence-electron chi connectivity index (χ0n) is 19.3. The molecule has 0 bridgehead atoms. The Morgan fingerprint density at radius 3 is 2.57 bits per heavy atom. The van der Waals surface area contributed by atoms with Crippen molar-refractivity contribution in [2.75, 3.05) is 31.8 Å². The second-order valence-corrected chi connectivity index (χ2v) is 9.48. The number of aromatic nitrogens is 4. The Kier molecular flexibility index (Phi) is 6.38. The van der Waals surface area contributed by atoms with Crippen LogP contribution in [0.5, 0.6) is 5.88 Å². The molecule has 0 aliphatic carbocycles. The number of anilines is 1. The number of alkyl halides is 1. The number of fused-ring (bicyclic) bond motifs is 1. The first kappa shape index (κ1) is 25.1. The van der Waals surface area contributed by atoms with E-state index in [9.17, 15) is 23.5 Å². The largest absolute Gasteiger partial charge is 0.480 e. The van der Waals surface area contributed by atoms with Crippen LogP contribution < -0.4 is 20.9 Å². The van der Waals surface area contributed by atoms with Crippen LogP contribution in [0, 0.1) is 5.82 Å². The molecular weight excluding hydrogens is 531 g/mol. The molecule has 0 amide bonds. The van der Waals surface area contributed by atoms with Crippen molar-refractivity contribution >= 4 is 39.9 Å². The summed E-state index contributed by atoms with van der Waals surface area (Å²) in [6, 6.07) is 6.52. The fraction of sp³-hybridized carbons (Fsp3) is 0.250. The van der Waals surface area contributed by atoms with Gasteiger partial charge in [-0.05, 0) is 30.7 Å². The number of hydrogen-bond acceptors (Lipinski definition) is 7. The van der Waals surface area contributed by atoms with Gasteiger partial charge in [-0.25, -0.2) is 18.1 Å². The van der Waals surface area contributed by atoms with Crippen molar-refractivity contribution in [3.05, 3.63) is 79.4 Å². The van der Waals surface area contributed by atoms with Crippen molar-refractivity contribution in [1.29, 1.82) is 0 Å². The second-order valence-electron chi connectivity index (χ2n) is 8.63. The monoisotopic (exact) mass is 549 g/mol. The van der Waals surface area contributed by atoms with Crippen molar-refractivity contribution in [3.8, 4) is 17.3 Å². The number of rotatable bonds is 5. The van der Waals surface area contributed by atoms with Gasteiger partial charge in [-0.1, -0.05) is 23.2 Å². The third-order valence-electron chi connectivity index (χ3n) is 6.20. The molecule has 4 heterocycles. The smallest absolute Gasteiger partial charge is 0.340 e. The van der Waals surface area contributed by atoms with E-state index in [4.69, 9.17) is 27.9 Å². The Morgan fingerprint density at radius 2 is 1.92 bits per heavy atom. The molecule has 37 heavy (non-hydrogen) atoms. The van der Waals surface area contributed by atoms with E-state index in [1.165, 1.54) is 43.8 Å². The van der Waals surface area contributed by atoms with E-state index in [1.54, 1.807) is 4.90 Å². The topological polar surface area (TPSA) is 102 Å². The summed E-state index contributed by atoms with van der Waals surface area (Å²) in [6.07, 6.45) is 2.80. The van der Waals surface area contributed by atoms with E-state index in [-0.39, 0.29) is 63.5 Å². The summed E-state index contributed by atoms with van der Waals surface area (Å²) in [4.78, 5) is 37.6. The highest BCUT2D eigenvalue weighted by Gasteiger charge is 2.37. The molecule has 1 aromatic carbocycles. The fourth-order valence-corrected chi connectivity index (χ4v) is 4.71. The lowest BCUT2D eigenvalue weighted by Gasteiger charge is -2.23. The molecule has 9 nitrogen and oxygen atoms in total. The summed E-state index contributed by atoms with van der Waals surface area (Å²) in [5.41, 5.74) is -2.79. The molecule has 192 valence electrons. The minimum atomic E-state index is -1.54. The minimum absolute atomic E-state index is 0.0526. The van der Waals surface area contributed by atoms with Crippen molar-refractivity contribution in [2.24, 2.45) is 0 Å². The summed E-state index contributed by atoms with van der Waals surface area (Å²) in [5.74, 6) is -0.562. The third kappa shape index (κ3) is 4.32. The van der Waals surface area contributed by atoms with E-state index in [1.807, 2.05) is 0 Å². The van der Waals surface area contributed by atoms with Gasteiger partial charge >= 0.3 is 5.69 Å². The van der Waals surface area contributed by atoms with E-state index < -0.39 is 29.3 Å². The van der Waals surface area contributed by atoms with Gasteiger partial charge in [0.25, 0.3) is 5.56 Å². The first-order chi connectivity index (χ1) is 17.7. The Hall–Kier alpha value is -3.54. The Morgan fingerprint density at radius 1 is 1.14 bits per heavy atom. The summed E-state index contributed by atoms with van der Waals surface area (Å²) in [6.45, 7) is -0.714. The van der Waals surface area contributed by atoms with Crippen LogP contribution in [-0.2, 0) is 0 Å². The molecule has 0 radical (unpaired) electrons. The molecule has 4 aromatic rings. The lowest BCUT2D eigenvalue weighted by molar-refractivity contribution is 0.0366. The summed E-state index contributed by atoms with van der Waals surface area (Å²) in [5, 5.41) is 10.3. The van der Waals surface area contributed by atoms with Crippen LogP contribution in [0.3, 0.4) is 0 Å². The van der Waals surface area contributed by atoms with Crippen LogP contribution in [0.25, 0.3) is 22.3 Å². The average Bonchev–Trinajstić information content (AvgIpc) is 3.28. The third-order valence-corrected chi connectivity index (χ3v) is 6.70. The second kappa shape index (κ2) is 9.40. The van der Waals surface area contributed by atoms with Crippen LogP contribution >= 0.6 is 23.2 Å². The van der Waals surface area contributed by atoms with E-state index in [2.05, 4.69) is 9.97 Å². The summed E-state index contributed by atoms with van der Waals surface area (Å²) in [7, 11) is 1.31. The van der Waals surface area contributed by atoms with Crippen molar-refractivity contribution in [3.63, 3.8) is 0 Å². The van der Waals surface area contributed by atoms with Gasteiger partial charge in [-0.3, -0.25) is 14.3 Å². The average molecular weight is 550 g/mol. The van der Waals surface area contributed by atoms with Crippen LogP contribution in [0.2, 0.25) is 10.0 Å². The predicted molar refractivity (Wildman–Crippen MR) is 135 cm³/mol. The molecular formula is C24H19Cl2F2N5O4. The maximum atomic E-state index is 14.0. The normalized spacial score (nSPS) is 17.5. The van der Waals surface area contributed by atoms with Crippen LogP contribution in [0.15, 0.2) is 52.3 Å². The zero-order chi connectivity index (χ0) is 26.5. The van der Waals surface area contributed by atoms with E-state index >= 15 is 0 Å². The van der Waals surface area contributed by atoms with Gasteiger partial charge in [-0.15, -0.1) is 0 Å². The van der Waals surface area contributed by atoms with Crippen molar-refractivity contribution in [1.82, 2.24) is 19.1 Å². The van der Waals surface area contributed by atoms with Crippen LogP contribution in [0.1, 0.15) is 6.42 Å². The number of β-amino-alcohol motifs (C(OH)–C–C–N with tert-alkyl or cyclic N) is 1. The summed E-state index contributed by atoms with van der Waals surface area (Å²) < 4.78 is 34.8. The number of methoxy groups -OCH3 is 1. The quantitative estimate of drug-likeness (QED) is 0.407. The highest BCUT2D eigenvalue weighted by Crippen LogP contribution is 2.32. The number of aliphatic hydroxyl groups is 1. The standard InChI is InChI=1S/C24H19Cl2F2N5O4/c1-37-21-20-18(8-19(30-21)31-5-4-24(36,11-27)12-31)32(14-2-3-17(28)16(26)7-14)23(35)33(22(20)34)15-6-13(25)9-29-10-15/h2-3,6-10,36H,4-5,11-12H2,1H3. The molecule has 1 aliphatic heterocycles. The Bertz CT molecular complexity index is 1660. The van der Waals surface area contributed by atoms with Gasteiger partial charge in [0.1, 0.15) is 29.3 Å². The van der Waals surface area contributed by atoms with Crippen molar-refractivity contribution < 1.29 is 18.6 Å².